The highest BCUT2D eigenvalue weighted by Gasteiger charge is 2.22. The third-order valence-corrected chi connectivity index (χ3v) is 2.71. The average molecular weight is 230 g/mol. The van der Waals surface area contributed by atoms with Gasteiger partial charge in [0.05, 0.1) is 31.4 Å². The third-order valence-electron chi connectivity index (χ3n) is 2.71. The summed E-state index contributed by atoms with van der Waals surface area (Å²) in [5.41, 5.74) is 0.825. The number of benzene rings is 1. The largest absolute Gasteiger partial charge is 0.497 e. The molecule has 1 atom stereocenters. The Hall–Kier alpha value is -1.97. The van der Waals surface area contributed by atoms with Gasteiger partial charge >= 0.3 is 5.84 Å². The van der Waals surface area contributed by atoms with Crippen molar-refractivity contribution in [2.75, 3.05) is 14.2 Å². The minimum absolute atomic E-state index is 0.321. The van der Waals surface area contributed by atoms with Crippen molar-refractivity contribution in [2.45, 2.75) is 6.92 Å². The van der Waals surface area contributed by atoms with Crippen molar-refractivity contribution in [3.8, 4) is 5.75 Å². The van der Waals surface area contributed by atoms with Crippen molar-refractivity contribution >= 4 is 11.5 Å². The second-order valence-corrected chi connectivity index (χ2v) is 4.00. The van der Waals surface area contributed by atoms with E-state index in [1.165, 1.54) is 0 Å². The summed E-state index contributed by atoms with van der Waals surface area (Å²) in [5.74, 6) is 2.10. The predicted molar refractivity (Wildman–Crippen MR) is 67.0 cm³/mol. The van der Waals surface area contributed by atoms with Crippen molar-refractivity contribution in [1.82, 2.24) is 0 Å². The molecule has 0 aliphatic carbocycles. The highest BCUT2D eigenvalue weighted by molar-refractivity contribution is 5.83. The Labute approximate surface area is 101 Å². The van der Waals surface area contributed by atoms with Gasteiger partial charge in [-0.15, -0.1) is 0 Å². The van der Waals surface area contributed by atoms with E-state index in [1.54, 1.807) is 7.11 Å². The van der Waals surface area contributed by atoms with Crippen molar-refractivity contribution in [3.63, 3.8) is 0 Å². The number of ether oxygens (including phenoxy) is 1. The van der Waals surface area contributed by atoms with Crippen LogP contribution in [-0.2, 0) is 0 Å². The van der Waals surface area contributed by atoms with E-state index in [-0.39, 0.29) is 0 Å². The molecule has 0 fully saturated rings. The number of hydrogen-bond donors (Lipinski definition) is 0. The van der Waals surface area contributed by atoms with Crippen LogP contribution in [-0.4, -0.2) is 24.6 Å². The van der Waals surface area contributed by atoms with Gasteiger partial charge in [-0.2, -0.15) is 0 Å². The molecule has 1 aromatic carbocycles. The van der Waals surface area contributed by atoms with Gasteiger partial charge in [0.2, 0.25) is 0 Å². The molecule has 0 saturated carbocycles. The summed E-state index contributed by atoms with van der Waals surface area (Å²) in [6, 6.07) is 7.52. The first-order valence-corrected chi connectivity index (χ1v) is 5.54. The highest BCUT2D eigenvalue weighted by Crippen LogP contribution is 2.19. The number of hydrogen-bond acceptors (Lipinski definition) is 3. The maximum absolute atomic E-state index is 5.09. The zero-order valence-electron chi connectivity index (χ0n) is 10.3. The van der Waals surface area contributed by atoms with Crippen LogP contribution in [0.4, 0.5) is 5.69 Å². The maximum atomic E-state index is 5.09. The summed E-state index contributed by atoms with van der Waals surface area (Å²) < 4.78 is 7.07. The molecule has 1 aliphatic rings. The van der Waals surface area contributed by atoms with Crippen molar-refractivity contribution in [2.24, 2.45) is 16.1 Å². The fourth-order valence-corrected chi connectivity index (χ4v) is 1.66. The van der Waals surface area contributed by atoms with Crippen LogP contribution in [0.15, 0.2) is 46.8 Å². The molecule has 2 rings (SSSR count). The number of rotatable bonds is 2. The fourth-order valence-electron chi connectivity index (χ4n) is 1.66. The quantitative estimate of drug-likeness (QED) is 0.568. The molecule has 88 valence electrons. The minimum Gasteiger partial charge on any atom is -0.497 e. The minimum atomic E-state index is 0.321. The molecule has 17 heavy (non-hydrogen) atoms. The summed E-state index contributed by atoms with van der Waals surface area (Å²) in [7, 11) is 3.62. The van der Waals surface area contributed by atoms with Crippen LogP contribution in [0.5, 0.6) is 5.75 Å². The summed E-state index contributed by atoms with van der Waals surface area (Å²) in [5, 5.41) is 8.49. The summed E-state index contributed by atoms with van der Waals surface area (Å²) >= 11 is 0. The van der Waals surface area contributed by atoms with Crippen LogP contribution in [0.25, 0.3) is 0 Å². The molecule has 4 heteroatoms. The molecule has 0 aromatic heterocycles. The lowest BCUT2D eigenvalue weighted by molar-refractivity contribution is -0.420. The fraction of sp³-hybridized carbons (Fsp3) is 0.308. The topological polar surface area (TPSA) is 37.0 Å². The first kappa shape index (κ1) is 11.5. The van der Waals surface area contributed by atoms with E-state index < -0.39 is 0 Å². The molecular weight excluding hydrogens is 214 g/mol. The van der Waals surface area contributed by atoms with Crippen LogP contribution in [0.1, 0.15) is 6.92 Å². The van der Waals surface area contributed by atoms with Gasteiger partial charge in [-0.3, -0.25) is 0 Å². The van der Waals surface area contributed by atoms with Crippen LogP contribution in [0, 0.1) is 5.92 Å². The predicted octanol–water partition coefficient (Wildman–Crippen LogP) is 2.98. The van der Waals surface area contributed by atoms with Crippen LogP contribution >= 0.6 is 0 Å². The standard InChI is InChI=1S/C13H16N3O/c1-10-8-9-16(2)13(10)15-14-11-4-6-12(17-3)7-5-11/h4-10H,1-3H3/q+1. The maximum Gasteiger partial charge on any atom is 0.332 e. The van der Waals surface area contributed by atoms with Gasteiger partial charge in [-0.25, -0.2) is 4.58 Å². The van der Waals surface area contributed by atoms with Crippen LogP contribution in [0.3, 0.4) is 0 Å². The zero-order chi connectivity index (χ0) is 12.3. The van der Waals surface area contributed by atoms with E-state index in [9.17, 15) is 0 Å². The van der Waals surface area contributed by atoms with Gasteiger partial charge in [-0.05, 0) is 42.4 Å². The molecule has 0 spiro atoms. The molecule has 1 unspecified atom stereocenters. The Kier molecular flexibility index (Phi) is 3.32. The molecule has 0 bridgehead atoms. The molecule has 1 aromatic rings. The van der Waals surface area contributed by atoms with E-state index in [0.29, 0.717) is 5.92 Å². The Balaban J connectivity index is 2.13. The number of amidine groups is 1. The summed E-state index contributed by atoms with van der Waals surface area (Å²) in [6.07, 6.45) is 4.11. The number of azo groups is 1. The second kappa shape index (κ2) is 4.91. The molecule has 0 N–H and O–H groups in total. The molecule has 0 amide bonds. The van der Waals surface area contributed by atoms with Gasteiger partial charge in [-0.1, -0.05) is 0 Å². The molecule has 1 heterocycles. The smallest absolute Gasteiger partial charge is 0.332 e. The van der Waals surface area contributed by atoms with Gasteiger partial charge in [0, 0.05) is 0 Å². The Morgan fingerprint density at radius 1 is 1.18 bits per heavy atom. The van der Waals surface area contributed by atoms with Crippen molar-refractivity contribution in [1.29, 1.82) is 0 Å². The number of methoxy groups -OCH3 is 1. The SMILES string of the molecule is COc1ccc(N=NC2=[N+](C)C=CC2C)cc1. The average Bonchev–Trinajstić information content (AvgIpc) is 2.67. The Morgan fingerprint density at radius 2 is 1.88 bits per heavy atom. The van der Waals surface area contributed by atoms with Crippen molar-refractivity contribution < 1.29 is 9.31 Å². The molecular formula is C13H16N3O+. The first-order valence-electron chi connectivity index (χ1n) is 5.54. The second-order valence-electron chi connectivity index (χ2n) is 4.00. The lowest BCUT2D eigenvalue weighted by Crippen LogP contribution is -2.10. The molecule has 0 saturated heterocycles. The molecule has 4 nitrogen and oxygen atoms in total. The molecule has 1 aliphatic heterocycles. The van der Waals surface area contributed by atoms with Gasteiger partial charge < -0.3 is 4.74 Å². The number of nitrogens with zero attached hydrogens (tertiary/aromatic N) is 3. The monoisotopic (exact) mass is 230 g/mol. The normalized spacial score (nSPS) is 19.4. The van der Waals surface area contributed by atoms with Gasteiger partial charge in [0.25, 0.3) is 0 Å². The van der Waals surface area contributed by atoms with E-state index in [2.05, 4.69) is 23.2 Å². The summed E-state index contributed by atoms with van der Waals surface area (Å²) in [4.78, 5) is 0. The third kappa shape index (κ3) is 2.58. The molecule has 0 radical (unpaired) electrons. The van der Waals surface area contributed by atoms with Gasteiger partial charge in [0.1, 0.15) is 11.4 Å². The highest BCUT2D eigenvalue weighted by atomic mass is 16.5. The Bertz CT molecular complexity index is 486. The van der Waals surface area contributed by atoms with E-state index >= 15 is 0 Å². The van der Waals surface area contributed by atoms with Gasteiger partial charge in [0.15, 0.2) is 0 Å². The lowest BCUT2D eigenvalue weighted by Gasteiger charge is -1.97. The zero-order valence-corrected chi connectivity index (χ0v) is 10.3. The van der Waals surface area contributed by atoms with Crippen molar-refractivity contribution in [3.05, 3.63) is 36.5 Å². The van der Waals surface area contributed by atoms with Crippen LogP contribution < -0.4 is 4.74 Å². The summed E-state index contributed by atoms with van der Waals surface area (Å²) in [6.45, 7) is 2.10. The van der Waals surface area contributed by atoms with E-state index in [0.717, 1.165) is 17.3 Å². The Morgan fingerprint density at radius 3 is 2.41 bits per heavy atom. The van der Waals surface area contributed by atoms with E-state index in [1.807, 2.05) is 42.1 Å². The van der Waals surface area contributed by atoms with E-state index in [4.69, 9.17) is 4.74 Å². The first-order chi connectivity index (χ1) is 8.20. The lowest BCUT2D eigenvalue weighted by atomic mass is 10.2. The van der Waals surface area contributed by atoms with Crippen LogP contribution in [0.2, 0.25) is 0 Å².